The third-order valence-corrected chi connectivity index (χ3v) is 4.75. The van der Waals surface area contributed by atoms with Gasteiger partial charge in [-0.3, -0.25) is 5.10 Å². The number of aromatic amines is 1. The number of hydrogen-bond donors (Lipinski definition) is 3. The SMILES string of the molecule is C[C@@H](Nc1nc(Nc2cc[nH]n2)nc2c(Br)cccc12)C1CC1. The molecule has 1 aliphatic rings. The maximum atomic E-state index is 4.66. The average molecular weight is 373 g/mol. The van der Waals surface area contributed by atoms with Crippen LogP contribution in [0.1, 0.15) is 19.8 Å². The van der Waals surface area contributed by atoms with Crippen LogP contribution in [-0.4, -0.2) is 26.2 Å². The molecular formula is C16H17BrN6. The summed E-state index contributed by atoms with van der Waals surface area (Å²) in [7, 11) is 0. The van der Waals surface area contributed by atoms with Gasteiger partial charge in [0.15, 0.2) is 5.82 Å². The molecule has 3 aromatic rings. The van der Waals surface area contributed by atoms with Crippen molar-refractivity contribution in [3.8, 4) is 0 Å². The fraction of sp³-hybridized carbons (Fsp3) is 0.312. The van der Waals surface area contributed by atoms with Gasteiger partial charge in [-0.25, -0.2) is 4.98 Å². The van der Waals surface area contributed by atoms with E-state index in [1.54, 1.807) is 6.20 Å². The second-order valence-electron chi connectivity index (χ2n) is 5.89. The summed E-state index contributed by atoms with van der Waals surface area (Å²) in [5, 5.41) is 14.6. The number of fused-ring (bicyclic) bond motifs is 1. The molecule has 0 bridgehead atoms. The third-order valence-electron chi connectivity index (χ3n) is 4.11. The molecular weight excluding hydrogens is 356 g/mol. The van der Waals surface area contributed by atoms with E-state index in [0.717, 1.165) is 27.1 Å². The fourth-order valence-corrected chi connectivity index (χ4v) is 3.11. The summed E-state index contributed by atoms with van der Waals surface area (Å²) in [6, 6.07) is 8.28. The number of aromatic nitrogens is 4. The lowest BCUT2D eigenvalue weighted by Gasteiger charge is -2.16. The van der Waals surface area contributed by atoms with Crippen molar-refractivity contribution in [3.63, 3.8) is 0 Å². The lowest BCUT2D eigenvalue weighted by molar-refractivity contribution is 0.691. The summed E-state index contributed by atoms with van der Waals surface area (Å²) in [5.74, 6) is 2.82. The fourth-order valence-electron chi connectivity index (χ4n) is 2.66. The van der Waals surface area contributed by atoms with Crippen LogP contribution in [0.25, 0.3) is 10.9 Å². The topological polar surface area (TPSA) is 78.5 Å². The Bertz CT molecular complexity index is 828. The molecule has 0 aliphatic heterocycles. The highest BCUT2D eigenvalue weighted by Gasteiger charge is 2.28. The summed E-state index contributed by atoms with van der Waals surface area (Å²) < 4.78 is 0.949. The number of nitrogens with one attached hydrogen (secondary N) is 3. The zero-order chi connectivity index (χ0) is 15.8. The molecule has 2 heterocycles. The van der Waals surface area contributed by atoms with E-state index in [9.17, 15) is 0 Å². The van der Waals surface area contributed by atoms with Gasteiger partial charge in [-0.15, -0.1) is 0 Å². The molecule has 1 atom stereocenters. The summed E-state index contributed by atoms with van der Waals surface area (Å²) in [6.45, 7) is 2.21. The molecule has 7 heteroatoms. The Morgan fingerprint density at radius 3 is 2.87 bits per heavy atom. The van der Waals surface area contributed by atoms with Gasteiger partial charge in [0.25, 0.3) is 0 Å². The number of nitrogens with zero attached hydrogens (tertiary/aromatic N) is 3. The molecule has 3 N–H and O–H groups in total. The largest absolute Gasteiger partial charge is 0.367 e. The molecule has 23 heavy (non-hydrogen) atoms. The van der Waals surface area contributed by atoms with Crippen LogP contribution in [0.5, 0.6) is 0 Å². The quantitative estimate of drug-likeness (QED) is 0.628. The van der Waals surface area contributed by atoms with E-state index >= 15 is 0 Å². The zero-order valence-electron chi connectivity index (χ0n) is 12.7. The van der Waals surface area contributed by atoms with Gasteiger partial charge in [-0.1, -0.05) is 6.07 Å². The van der Waals surface area contributed by atoms with Crippen LogP contribution in [0.4, 0.5) is 17.6 Å². The van der Waals surface area contributed by atoms with Gasteiger partial charge in [0.1, 0.15) is 5.82 Å². The molecule has 0 saturated heterocycles. The minimum Gasteiger partial charge on any atom is -0.367 e. The number of para-hydroxylation sites is 1. The van der Waals surface area contributed by atoms with Crippen molar-refractivity contribution in [1.29, 1.82) is 0 Å². The van der Waals surface area contributed by atoms with Gasteiger partial charge in [0.05, 0.1) is 5.52 Å². The number of anilines is 3. The second kappa shape index (κ2) is 5.81. The van der Waals surface area contributed by atoms with Crippen LogP contribution in [0, 0.1) is 5.92 Å². The van der Waals surface area contributed by atoms with Crippen molar-refractivity contribution < 1.29 is 0 Å². The molecule has 1 aromatic carbocycles. The van der Waals surface area contributed by atoms with E-state index < -0.39 is 0 Å². The first-order valence-corrected chi connectivity index (χ1v) is 8.49. The van der Waals surface area contributed by atoms with E-state index in [0.29, 0.717) is 17.8 Å². The first-order chi connectivity index (χ1) is 11.2. The Morgan fingerprint density at radius 1 is 1.26 bits per heavy atom. The molecule has 1 fully saturated rings. The maximum Gasteiger partial charge on any atom is 0.231 e. The predicted molar refractivity (Wildman–Crippen MR) is 94.9 cm³/mol. The summed E-state index contributed by atoms with van der Waals surface area (Å²) in [5.41, 5.74) is 0.881. The Morgan fingerprint density at radius 2 is 2.13 bits per heavy atom. The Labute approximate surface area is 142 Å². The first-order valence-electron chi connectivity index (χ1n) is 7.70. The molecule has 0 radical (unpaired) electrons. The molecule has 1 saturated carbocycles. The molecule has 0 unspecified atom stereocenters. The van der Waals surface area contributed by atoms with Crippen molar-refractivity contribution in [1.82, 2.24) is 20.2 Å². The number of H-pyrrole nitrogens is 1. The number of hydrogen-bond acceptors (Lipinski definition) is 5. The van der Waals surface area contributed by atoms with Gasteiger partial charge in [-0.2, -0.15) is 10.1 Å². The van der Waals surface area contributed by atoms with Gasteiger partial charge < -0.3 is 10.6 Å². The van der Waals surface area contributed by atoms with Crippen LogP contribution in [0.2, 0.25) is 0 Å². The highest BCUT2D eigenvalue weighted by atomic mass is 79.9. The lowest BCUT2D eigenvalue weighted by Crippen LogP contribution is -2.19. The van der Waals surface area contributed by atoms with E-state index in [1.807, 2.05) is 24.3 Å². The minimum atomic E-state index is 0.408. The van der Waals surface area contributed by atoms with Crippen molar-refractivity contribution >= 4 is 44.4 Å². The second-order valence-corrected chi connectivity index (χ2v) is 6.74. The highest BCUT2D eigenvalue weighted by molar-refractivity contribution is 9.10. The number of benzene rings is 1. The van der Waals surface area contributed by atoms with Gasteiger partial charge in [0.2, 0.25) is 5.95 Å². The van der Waals surface area contributed by atoms with E-state index in [4.69, 9.17) is 0 Å². The molecule has 118 valence electrons. The Hall–Kier alpha value is -2.15. The molecule has 4 rings (SSSR count). The molecule has 6 nitrogen and oxygen atoms in total. The molecule has 0 spiro atoms. The van der Waals surface area contributed by atoms with Crippen molar-refractivity contribution in [2.75, 3.05) is 10.6 Å². The number of rotatable bonds is 5. The van der Waals surface area contributed by atoms with E-state index in [1.165, 1.54) is 12.8 Å². The molecule has 0 amide bonds. The zero-order valence-corrected chi connectivity index (χ0v) is 14.3. The van der Waals surface area contributed by atoms with E-state index in [-0.39, 0.29) is 0 Å². The third kappa shape index (κ3) is 3.01. The summed E-state index contributed by atoms with van der Waals surface area (Å²) in [6.07, 6.45) is 4.34. The van der Waals surface area contributed by atoms with Crippen molar-refractivity contribution in [2.24, 2.45) is 5.92 Å². The van der Waals surface area contributed by atoms with Crippen LogP contribution < -0.4 is 10.6 Å². The standard InChI is InChI=1S/C16H17BrN6/c1-9(10-5-6-10)19-15-11-3-2-4-12(17)14(11)21-16(22-15)20-13-7-8-18-23-13/h2-4,7-10H,5-6H2,1H3,(H3,18,19,20,21,22,23)/t9-/m1/s1. The molecule has 2 aromatic heterocycles. The first kappa shape index (κ1) is 14.4. The van der Waals surface area contributed by atoms with Crippen LogP contribution >= 0.6 is 15.9 Å². The Balaban J connectivity index is 1.76. The van der Waals surface area contributed by atoms with E-state index in [2.05, 4.69) is 53.7 Å². The summed E-state index contributed by atoms with van der Waals surface area (Å²) in [4.78, 5) is 9.27. The van der Waals surface area contributed by atoms with Crippen LogP contribution in [0.3, 0.4) is 0 Å². The maximum absolute atomic E-state index is 4.66. The molecule has 1 aliphatic carbocycles. The van der Waals surface area contributed by atoms with Crippen molar-refractivity contribution in [2.45, 2.75) is 25.8 Å². The predicted octanol–water partition coefficient (Wildman–Crippen LogP) is 4.07. The number of halogens is 1. The van der Waals surface area contributed by atoms with Crippen LogP contribution in [0.15, 0.2) is 34.9 Å². The lowest BCUT2D eigenvalue weighted by atomic mass is 10.2. The average Bonchev–Trinajstić information content (AvgIpc) is 3.27. The minimum absolute atomic E-state index is 0.408. The smallest absolute Gasteiger partial charge is 0.231 e. The summed E-state index contributed by atoms with van der Waals surface area (Å²) >= 11 is 3.58. The van der Waals surface area contributed by atoms with Gasteiger partial charge >= 0.3 is 0 Å². The van der Waals surface area contributed by atoms with Crippen LogP contribution in [-0.2, 0) is 0 Å². The van der Waals surface area contributed by atoms with Gasteiger partial charge in [0, 0.05) is 28.2 Å². The van der Waals surface area contributed by atoms with Crippen molar-refractivity contribution in [3.05, 3.63) is 34.9 Å². The monoisotopic (exact) mass is 372 g/mol. The van der Waals surface area contributed by atoms with Gasteiger partial charge in [-0.05, 0) is 53.7 Å². The normalized spacial score (nSPS) is 15.6. The Kier molecular flexibility index (Phi) is 3.65. The highest BCUT2D eigenvalue weighted by Crippen LogP contribution is 2.35.